The van der Waals surface area contributed by atoms with Crippen LogP contribution in [0.4, 0.5) is 0 Å². The number of furan rings is 1. The summed E-state index contributed by atoms with van der Waals surface area (Å²) in [6.45, 7) is 5.65. The number of hydrogen-bond donors (Lipinski definition) is 2. The smallest absolute Gasteiger partial charge is 0.287 e. The van der Waals surface area contributed by atoms with Gasteiger partial charge in [-0.25, -0.2) is 0 Å². The zero-order chi connectivity index (χ0) is 14.8. The Hall–Kier alpha value is -1.53. The lowest BCUT2D eigenvalue weighted by Crippen LogP contribution is -2.47. The van der Waals surface area contributed by atoms with Crippen LogP contribution >= 0.6 is 12.4 Å². The largest absolute Gasteiger partial charge is 0.459 e. The van der Waals surface area contributed by atoms with Crippen molar-refractivity contribution in [2.45, 2.75) is 26.3 Å². The molecule has 0 bridgehead atoms. The average molecular weight is 316 g/mol. The first-order valence-corrected chi connectivity index (χ1v) is 6.78. The number of nitrogens with zero attached hydrogens (tertiary/aromatic N) is 1. The Bertz CT molecular complexity index is 492. The summed E-state index contributed by atoms with van der Waals surface area (Å²) in [6.07, 6.45) is 2.32. The summed E-state index contributed by atoms with van der Waals surface area (Å²) in [7, 11) is 0. The van der Waals surface area contributed by atoms with E-state index >= 15 is 0 Å². The summed E-state index contributed by atoms with van der Waals surface area (Å²) >= 11 is 0. The van der Waals surface area contributed by atoms with Gasteiger partial charge in [0.1, 0.15) is 6.04 Å². The summed E-state index contributed by atoms with van der Waals surface area (Å²) < 4.78 is 5.00. The number of halogens is 1. The molecule has 3 N–H and O–H groups in total. The van der Waals surface area contributed by atoms with Gasteiger partial charge in [0.05, 0.1) is 6.26 Å². The van der Waals surface area contributed by atoms with Crippen LogP contribution in [0.5, 0.6) is 0 Å². The highest BCUT2D eigenvalue weighted by Crippen LogP contribution is 2.28. The monoisotopic (exact) mass is 315 g/mol. The van der Waals surface area contributed by atoms with Crippen molar-refractivity contribution < 1.29 is 14.0 Å². The number of nitrogens with one attached hydrogen (secondary N) is 1. The van der Waals surface area contributed by atoms with Gasteiger partial charge in [-0.1, -0.05) is 6.92 Å². The summed E-state index contributed by atoms with van der Waals surface area (Å²) in [4.78, 5) is 25.9. The van der Waals surface area contributed by atoms with Crippen molar-refractivity contribution in [3.05, 3.63) is 24.2 Å². The van der Waals surface area contributed by atoms with Crippen LogP contribution in [-0.4, -0.2) is 42.4 Å². The van der Waals surface area contributed by atoms with Crippen LogP contribution < -0.4 is 11.1 Å². The Morgan fingerprint density at radius 1 is 1.57 bits per heavy atom. The molecule has 0 saturated carbocycles. The fraction of sp³-hybridized carbons (Fsp3) is 0.571. The van der Waals surface area contributed by atoms with Crippen LogP contribution in [0.1, 0.15) is 30.8 Å². The van der Waals surface area contributed by atoms with Crippen molar-refractivity contribution in [1.82, 2.24) is 10.2 Å². The van der Waals surface area contributed by atoms with E-state index in [1.165, 1.54) is 6.26 Å². The van der Waals surface area contributed by atoms with Gasteiger partial charge in [0.25, 0.3) is 5.91 Å². The van der Waals surface area contributed by atoms with Gasteiger partial charge in [-0.05, 0) is 37.4 Å². The maximum atomic E-state index is 12.3. The third kappa shape index (κ3) is 3.98. The number of amides is 2. The zero-order valence-electron chi connectivity index (χ0n) is 12.3. The molecule has 2 unspecified atom stereocenters. The van der Waals surface area contributed by atoms with Crippen molar-refractivity contribution in [2.24, 2.45) is 11.1 Å². The molecule has 118 valence electrons. The SMILES string of the molecule is CC(NC(=O)c1ccco1)C(=O)N1CCC(C)(CN)C1.Cl. The van der Waals surface area contributed by atoms with Crippen LogP contribution in [0.3, 0.4) is 0 Å². The number of hydrogen-bond acceptors (Lipinski definition) is 4. The average Bonchev–Trinajstić information content (AvgIpc) is 3.07. The number of rotatable bonds is 4. The molecule has 21 heavy (non-hydrogen) atoms. The lowest BCUT2D eigenvalue weighted by atomic mass is 9.90. The number of nitrogens with two attached hydrogens (primary N) is 1. The summed E-state index contributed by atoms with van der Waals surface area (Å²) in [5.41, 5.74) is 5.72. The van der Waals surface area contributed by atoms with E-state index in [1.54, 1.807) is 24.0 Å². The van der Waals surface area contributed by atoms with Crippen molar-refractivity contribution in [3.8, 4) is 0 Å². The lowest BCUT2D eigenvalue weighted by Gasteiger charge is -2.24. The molecule has 1 aromatic heterocycles. The first kappa shape index (κ1) is 17.5. The molecule has 1 aromatic rings. The molecule has 0 spiro atoms. The fourth-order valence-corrected chi connectivity index (χ4v) is 2.39. The number of carbonyl (C=O) groups is 2. The normalized spacial score (nSPS) is 22.5. The van der Waals surface area contributed by atoms with Gasteiger partial charge in [-0.2, -0.15) is 0 Å². The predicted molar refractivity (Wildman–Crippen MR) is 81.2 cm³/mol. The third-order valence-electron chi connectivity index (χ3n) is 3.83. The van der Waals surface area contributed by atoms with E-state index in [-0.39, 0.29) is 35.4 Å². The van der Waals surface area contributed by atoms with Gasteiger partial charge in [0, 0.05) is 13.1 Å². The van der Waals surface area contributed by atoms with Gasteiger partial charge in [-0.15, -0.1) is 12.4 Å². The minimum atomic E-state index is -0.576. The molecule has 2 atom stereocenters. The van der Waals surface area contributed by atoms with E-state index in [4.69, 9.17) is 10.2 Å². The van der Waals surface area contributed by atoms with Gasteiger partial charge in [0.2, 0.25) is 5.91 Å². The Balaban J connectivity index is 0.00000220. The molecule has 2 amide bonds. The first-order valence-electron chi connectivity index (χ1n) is 6.78. The molecule has 2 rings (SSSR count). The van der Waals surface area contributed by atoms with Gasteiger partial charge >= 0.3 is 0 Å². The van der Waals surface area contributed by atoms with Crippen LogP contribution in [-0.2, 0) is 4.79 Å². The standard InChI is InChI=1S/C14H21N3O3.ClH/c1-10(16-12(18)11-4-3-7-20-11)13(19)17-6-5-14(2,8-15)9-17;/h3-4,7,10H,5-6,8-9,15H2,1-2H3,(H,16,18);1H. The Labute approximate surface area is 130 Å². The van der Waals surface area contributed by atoms with Gasteiger partial charge in [0.15, 0.2) is 5.76 Å². The van der Waals surface area contributed by atoms with Crippen LogP contribution in [0.2, 0.25) is 0 Å². The maximum Gasteiger partial charge on any atom is 0.287 e. The molecule has 2 heterocycles. The molecule has 1 fully saturated rings. The van der Waals surface area contributed by atoms with Crippen LogP contribution in [0.25, 0.3) is 0 Å². The maximum absolute atomic E-state index is 12.3. The molecule has 0 aromatic carbocycles. The number of carbonyl (C=O) groups excluding carboxylic acids is 2. The van der Waals surface area contributed by atoms with Crippen molar-refractivity contribution in [3.63, 3.8) is 0 Å². The summed E-state index contributed by atoms with van der Waals surface area (Å²) in [5.74, 6) is -0.253. The van der Waals surface area contributed by atoms with E-state index in [0.29, 0.717) is 19.6 Å². The van der Waals surface area contributed by atoms with Crippen molar-refractivity contribution in [1.29, 1.82) is 0 Å². The van der Waals surface area contributed by atoms with Crippen molar-refractivity contribution in [2.75, 3.05) is 19.6 Å². The Morgan fingerprint density at radius 3 is 2.81 bits per heavy atom. The highest BCUT2D eigenvalue weighted by atomic mass is 35.5. The topological polar surface area (TPSA) is 88.6 Å². The van der Waals surface area contributed by atoms with Crippen molar-refractivity contribution >= 4 is 24.2 Å². The van der Waals surface area contributed by atoms with Crippen LogP contribution in [0.15, 0.2) is 22.8 Å². The van der Waals surface area contributed by atoms with E-state index in [0.717, 1.165) is 6.42 Å². The second kappa shape index (κ2) is 6.95. The van der Waals surface area contributed by atoms with Gasteiger partial charge < -0.3 is 20.4 Å². The summed E-state index contributed by atoms with van der Waals surface area (Å²) in [6, 6.07) is 2.62. The molecule has 1 saturated heterocycles. The quantitative estimate of drug-likeness (QED) is 0.868. The van der Waals surface area contributed by atoms with E-state index in [2.05, 4.69) is 12.2 Å². The Morgan fingerprint density at radius 2 is 2.29 bits per heavy atom. The predicted octanol–water partition coefficient (Wildman–Crippen LogP) is 1.02. The van der Waals surface area contributed by atoms with E-state index in [9.17, 15) is 9.59 Å². The Kier molecular flexibility index (Phi) is 5.80. The molecule has 6 nitrogen and oxygen atoms in total. The molecule has 7 heteroatoms. The molecule has 0 radical (unpaired) electrons. The molecular weight excluding hydrogens is 294 g/mol. The van der Waals surface area contributed by atoms with Gasteiger partial charge in [-0.3, -0.25) is 9.59 Å². The highest BCUT2D eigenvalue weighted by molar-refractivity contribution is 5.95. The summed E-state index contributed by atoms with van der Waals surface area (Å²) in [5, 5.41) is 2.65. The molecule has 1 aliphatic rings. The van der Waals surface area contributed by atoms with E-state index in [1.807, 2.05) is 0 Å². The number of likely N-dealkylation sites (tertiary alicyclic amines) is 1. The first-order chi connectivity index (χ1) is 9.45. The fourth-order valence-electron chi connectivity index (χ4n) is 2.39. The zero-order valence-corrected chi connectivity index (χ0v) is 13.1. The molecule has 1 aliphatic heterocycles. The minimum absolute atomic E-state index is 0. The minimum Gasteiger partial charge on any atom is -0.459 e. The second-order valence-corrected chi connectivity index (χ2v) is 5.70. The van der Waals surface area contributed by atoms with Crippen LogP contribution in [0, 0.1) is 5.41 Å². The molecular formula is C14H22ClN3O3. The molecule has 0 aliphatic carbocycles. The third-order valence-corrected chi connectivity index (χ3v) is 3.83. The van der Waals surface area contributed by atoms with E-state index < -0.39 is 6.04 Å². The highest BCUT2D eigenvalue weighted by Gasteiger charge is 2.36. The lowest BCUT2D eigenvalue weighted by molar-refractivity contribution is -0.132. The second-order valence-electron chi connectivity index (χ2n) is 5.70.